The van der Waals surface area contributed by atoms with Gasteiger partial charge in [0.15, 0.2) is 0 Å². The summed E-state index contributed by atoms with van der Waals surface area (Å²) in [5.74, 6) is -0.601. The highest BCUT2D eigenvalue weighted by atomic mass is 35.5. The number of nitrogens with zero attached hydrogens (tertiary/aromatic N) is 1. The Morgan fingerprint density at radius 2 is 1.95 bits per heavy atom. The Morgan fingerprint density at radius 3 is 2.76 bits per heavy atom. The Labute approximate surface area is 127 Å². The smallest absolute Gasteiger partial charge is 0.299 e. The van der Waals surface area contributed by atoms with Crippen LogP contribution in [0.4, 0.5) is 5.69 Å². The third kappa shape index (κ3) is 1.81. The SMILES string of the molecule is O=C1C(=O)N(CC2Cc3ccccc32)c2ccc(Cl)cc21. The van der Waals surface area contributed by atoms with E-state index in [9.17, 15) is 9.59 Å². The van der Waals surface area contributed by atoms with Crippen molar-refractivity contribution < 1.29 is 9.59 Å². The van der Waals surface area contributed by atoms with E-state index in [1.54, 1.807) is 23.1 Å². The van der Waals surface area contributed by atoms with Gasteiger partial charge < -0.3 is 4.90 Å². The number of amides is 1. The van der Waals surface area contributed by atoms with Crippen LogP contribution in [0.5, 0.6) is 0 Å². The van der Waals surface area contributed by atoms with Crippen molar-refractivity contribution in [3.63, 3.8) is 0 Å². The number of benzene rings is 2. The molecule has 0 fully saturated rings. The molecule has 1 aliphatic carbocycles. The van der Waals surface area contributed by atoms with Crippen molar-refractivity contribution in [1.82, 2.24) is 0 Å². The number of anilines is 1. The number of ketones is 1. The van der Waals surface area contributed by atoms with Crippen molar-refractivity contribution in [1.29, 1.82) is 0 Å². The minimum atomic E-state index is -0.458. The summed E-state index contributed by atoms with van der Waals surface area (Å²) in [4.78, 5) is 25.8. The highest BCUT2D eigenvalue weighted by Gasteiger charge is 2.39. The number of hydrogen-bond donors (Lipinski definition) is 0. The lowest BCUT2D eigenvalue weighted by molar-refractivity contribution is -0.114. The zero-order valence-electron chi connectivity index (χ0n) is 11.2. The summed E-state index contributed by atoms with van der Waals surface area (Å²) in [6.07, 6.45) is 0.955. The molecule has 104 valence electrons. The van der Waals surface area contributed by atoms with Gasteiger partial charge in [0.2, 0.25) is 0 Å². The number of Topliss-reactive ketones (excluding diaryl/α,β-unsaturated/α-hetero) is 1. The molecule has 21 heavy (non-hydrogen) atoms. The zero-order valence-corrected chi connectivity index (χ0v) is 11.9. The largest absolute Gasteiger partial charge is 0.304 e. The number of halogens is 1. The molecule has 4 heteroatoms. The molecular formula is C17H12ClNO2. The number of rotatable bonds is 2. The second-order valence-corrected chi connectivity index (χ2v) is 5.94. The van der Waals surface area contributed by atoms with Crippen LogP contribution in [0.15, 0.2) is 42.5 Å². The summed E-state index contributed by atoms with van der Waals surface area (Å²) < 4.78 is 0. The molecule has 1 unspecified atom stereocenters. The Bertz CT molecular complexity index is 784. The van der Waals surface area contributed by atoms with Crippen molar-refractivity contribution >= 4 is 29.0 Å². The van der Waals surface area contributed by atoms with Gasteiger partial charge in [0, 0.05) is 17.5 Å². The standard InChI is InChI=1S/C17H12ClNO2/c18-12-5-6-15-14(8-12)16(20)17(21)19(15)9-11-7-10-3-1-2-4-13(10)11/h1-6,8,11H,7,9H2. The second-order valence-electron chi connectivity index (χ2n) is 5.51. The molecule has 2 aliphatic rings. The van der Waals surface area contributed by atoms with Crippen LogP contribution in [0.2, 0.25) is 5.02 Å². The first-order valence-electron chi connectivity index (χ1n) is 6.88. The molecule has 0 radical (unpaired) electrons. The van der Waals surface area contributed by atoms with Gasteiger partial charge in [-0.2, -0.15) is 0 Å². The van der Waals surface area contributed by atoms with E-state index in [0.717, 1.165) is 6.42 Å². The highest BCUT2D eigenvalue weighted by Crippen LogP contribution is 2.39. The lowest BCUT2D eigenvalue weighted by Crippen LogP contribution is -2.37. The number of fused-ring (bicyclic) bond motifs is 2. The van der Waals surface area contributed by atoms with Crippen LogP contribution < -0.4 is 4.90 Å². The summed E-state index contributed by atoms with van der Waals surface area (Å²) in [6, 6.07) is 13.3. The van der Waals surface area contributed by atoms with E-state index in [-0.39, 0.29) is 0 Å². The molecule has 3 nitrogen and oxygen atoms in total. The molecule has 1 aliphatic heterocycles. The quantitative estimate of drug-likeness (QED) is 0.798. The first-order chi connectivity index (χ1) is 10.1. The van der Waals surface area contributed by atoms with Crippen LogP contribution >= 0.6 is 11.6 Å². The predicted octanol–water partition coefficient (Wildman–Crippen LogP) is 3.21. The van der Waals surface area contributed by atoms with Crippen molar-refractivity contribution in [2.24, 2.45) is 0 Å². The number of carbonyl (C=O) groups is 2. The van der Waals surface area contributed by atoms with E-state index in [2.05, 4.69) is 12.1 Å². The number of hydrogen-bond acceptors (Lipinski definition) is 2. The first kappa shape index (κ1) is 12.6. The molecule has 0 spiro atoms. The van der Waals surface area contributed by atoms with Gasteiger partial charge in [0.05, 0.1) is 11.3 Å². The third-order valence-electron chi connectivity index (χ3n) is 4.30. The summed E-state index contributed by atoms with van der Waals surface area (Å²) in [6.45, 7) is 0.552. The summed E-state index contributed by atoms with van der Waals surface area (Å²) >= 11 is 5.91. The van der Waals surface area contributed by atoms with E-state index in [4.69, 9.17) is 11.6 Å². The van der Waals surface area contributed by atoms with Gasteiger partial charge in [0.25, 0.3) is 11.7 Å². The van der Waals surface area contributed by atoms with Crippen LogP contribution in [0, 0.1) is 0 Å². The molecule has 0 N–H and O–H groups in total. The van der Waals surface area contributed by atoms with E-state index < -0.39 is 11.7 Å². The van der Waals surface area contributed by atoms with Gasteiger partial charge in [-0.05, 0) is 35.7 Å². The van der Waals surface area contributed by atoms with Crippen molar-refractivity contribution in [3.8, 4) is 0 Å². The van der Waals surface area contributed by atoms with Crippen LogP contribution in [-0.4, -0.2) is 18.2 Å². The molecular weight excluding hydrogens is 286 g/mol. The molecule has 0 saturated carbocycles. The maximum atomic E-state index is 12.2. The Morgan fingerprint density at radius 1 is 1.14 bits per heavy atom. The zero-order chi connectivity index (χ0) is 14.6. The topological polar surface area (TPSA) is 37.4 Å². The van der Waals surface area contributed by atoms with Crippen LogP contribution in [0.1, 0.15) is 27.4 Å². The summed E-state index contributed by atoms with van der Waals surface area (Å²) in [5.41, 5.74) is 3.70. The summed E-state index contributed by atoms with van der Waals surface area (Å²) in [5, 5.41) is 0.478. The maximum absolute atomic E-state index is 12.2. The lowest BCUT2D eigenvalue weighted by Gasteiger charge is -2.33. The molecule has 0 aromatic heterocycles. The molecule has 0 saturated heterocycles. The van der Waals surface area contributed by atoms with Gasteiger partial charge >= 0.3 is 0 Å². The van der Waals surface area contributed by atoms with E-state index >= 15 is 0 Å². The predicted molar refractivity (Wildman–Crippen MR) is 81.0 cm³/mol. The maximum Gasteiger partial charge on any atom is 0.299 e. The van der Waals surface area contributed by atoms with Crippen molar-refractivity contribution in [2.45, 2.75) is 12.3 Å². The van der Waals surface area contributed by atoms with Crippen molar-refractivity contribution in [2.75, 3.05) is 11.4 Å². The van der Waals surface area contributed by atoms with E-state index in [1.165, 1.54) is 11.1 Å². The van der Waals surface area contributed by atoms with Gasteiger partial charge in [-0.25, -0.2) is 0 Å². The van der Waals surface area contributed by atoms with Crippen LogP contribution in [0.3, 0.4) is 0 Å². The van der Waals surface area contributed by atoms with Gasteiger partial charge in [-0.3, -0.25) is 9.59 Å². The average molecular weight is 298 g/mol. The van der Waals surface area contributed by atoms with Crippen LogP contribution in [-0.2, 0) is 11.2 Å². The molecule has 2 aromatic carbocycles. The molecule has 0 bridgehead atoms. The molecule has 1 amide bonds. The minimum absolute atomic E-state index is 0.305. The molecule has 4 rings (SSSR count). The monoisotopic (exact) mass is 297 g/mol. The second kappa shape index (κ2) is 4.43. The van der Waals surface area contributed by atoms with Crippen molar-refractivity contribution in [3.05, 3.63) is 64.2 Å². The molecule has 1 heterocycles. The fourth-order valence-corrected chi connectivity index (χ4v) is 3.37. The van der Waals surface area contributed by atoms with E-state index in [1.807, 2.05) is 12.1 Å². The van der Waals surface area contributed by atoms with E-state index in [0.29, 0.717) is 28.7 Å². The Balaban J connectivity index is 1.66. The molecule has 1 atom stereocenters. The fraction of sp³-hybridized carbons (Fsp3) is 0.176. The summed E-state index contributed by atoms with van der Waals surface area (Å²) in [7, 11) is 0. The van der Waals surface area contributed by atoms with Gasteiger partial charge in [0.1, 0.15) is 0 Å². The Kier molecular flexibility index (Phi) is 2.66. The number of carbonyl (C=O) groups excluding carboxylic acids is 2. The fourth-order valence-electron chi connectivity index (χ4n) is 3.20. The van der Waals surface area contributed by atoms with Gasteiger partial charge in [-0.15, -0.1) is 0 Å². The highest BCUT2D eigenvalue weighted by molar-refractivity contribution is 6.52. The minimum Gasteiger partial charge on any atom is -0.304 e. The van der Waals surface area contributed by atoms with Crippen LogP contribution in [0.25, 0.3) is 0 Å². The third-order valence-corrected chi connectivity index (χ3v) is 4.53. The Hall–Kier alpha value is -2.13. The van der Waals surface area contributed by atoms with Gasteiger partial charge in [-0.1, -0.05) is 35.9 Å². The average Bonchev–Trinajstić information content (AvgIpc) is 2.69. The molecule has 2 aromatic rings. The first-order valence-corrected chi connectivity index (χ1v) is 7.26. The lowest BCUT2D eigenvalue weighted by atomic mass is 9.77. The normalized spacial score (nSPS) is 19.3.